The number of halogens is 3. The maximum Gasteiger partial charge on any atom is 0.127 e. The minimum absolute atomic E-state index is 0.181. The summed E-state index contributed by atoms with van der Waals surface area (Å²) in [5.74, 6) is -0.244. The van der Waals surface area contributed by atoms with Gasteiger partial charge in [0.1, 0.15) is 5.82 Å². The van der Waals surface area contributed by atoms with Gasteiger partial charge in [0.2, 0.25) is 0 Å². The first kappa shape index (κ1) is 15.5. The van der Waals surface area contributed by atoms with E-state index in [0.29, 0.717) is 17.0 Å². The second-order valence-corrected chi connectivity index (χ2v) is 6.11. The Bertz CT molecular complexity index is 588. The zero-order valence-corrected chi connectivity index (χ0v) is 13.5. The lowest BCUT2D eigenvalue weighted by molar-refractivity contribution is 0.532. The lowest BCUT2D eigenvalue weighted by atomic mass is 9.99. The fraction of sp³-hybridized carbons (Fsp3) is 0.250. The van der Waals surface area contributed by atoms with E-state index in [0.717, 1.165) is 10.9 Å². The van der Waals surface area contributed by atoms with Crippen LogP contribution in [0, 0.1) is 5.82 Å². The number of hydrogen-bond donors (Lipinski definition) is 1. The quantitative estimate of drug-likeness (QED) is 0.824. The lowest BCUT2D eigenvalue weighted by Gasteiger charge is -2.17. The van der Waals surface area contributed by atoms with Gasteiger partial charge in [-0.05, 0) is 55.3 Å². The van der Waals surface area contributed by atoms with Gasteiger partial charge < -0.3 is 5.32 Å². The lowest BCUT2D eigenvalue weighted by Crippen LogP contribution is -2.30. The van der Waals surface area contributed by atoms with Gasteiger partial charge in [-0.25, -0.2) is 4.39 Å². The van der Waals surface area contributed by atoms with Crippen LogP contribution in [-0.2, 0) is 12.8 Å². The molecule has 0 bridgehead atoms. The largest absolute Gasteiger partial charge is 0.316 e. The molecule has 0 spiro atoms. The van der Waals surface area contributed by atoms with E-state index < -0.39 is 0 Å². The van der Waals surface area contributed by atoms with Gasteiger partial charge in [-0.3, -0.25) is 0 Å². The van der Waals surface area contributed by atoms with Crippen LogP contribution in [0.3, 0.4) is 0 Å². The first-order valence-corrected chi connectivity index (χ1v) is 7.61. The molecular formula is C16H16BrClFN. The summed E-state index contributed by atoms with van der Waals surface area (Å²) in [7, 11) is 1.90. The highest BCUT2D eigenvalue weighted by Crippen LogP contribution is 2.18. The van der Waals surface area contributed by atoms with Crippen LogP contribution in [-0.4, -0.2) is 13.1 Å². The van der Waals surface area contributed by atoms with Gasteiger partial charge in [0.25, 0.3) is 0 Å². The fourth-order valence-electron chi connectivity index (χ4n) is 2.18. The third-order valence-electron chi connectivity index (χ3n) is 3.26. The predicted octanol–water partition coefficient (Wildman–Crippen LogP) is 4.61. The standard InChI is InChI=1S/C16H16BrClFN/c1-20-15(8-11-3-2-4-13(17)7-11)9-12-5-6-14(18)10-16(12)19/h2-7,10,15,20H,8-9H2,1H3. The van der Waals surface area contributed by atoms with Gasteiger partial charge in [-0.2, -0.15) is 0 Å². The Morgan fingerprint density at radius 1 is 1.20 bits per heavy atom. The first-order valence-electron chi connectivity index (χ1n) is 6.44. The monoisotopic (exact) mass is 355 g/mol. The summed E-state index contributed by atoms with van der Waals surface area (Å²) in [5, 5.41) is 3.68. The molecule has 20 heavy (non-hydrogen) atoms. The average molecular weight is 357 g/mol. The van der Waals surface area contributed by atoms with Crippen LogP contribution >= 0.6 is 27.5 Å². The molecule has 0 heterocycles. The van der Waals surface area contributed by atoms with Crippen molar-refractivity contribution >= 4 is 27.5 Å². The van der Waals surface area contributed by atoms with Crippen molar-refractivity contribution < 1.29 is 4.39 Å². The molecule has 0 aromatic heterocycles. The average Bonchev–Trinajstić information content (AvgIpc) is 2.41. The maximum atomic E-state index is 13.8. The Morgan fingerprint density at radius 3 is 2.65 bits per heavy atom. The highest BCUT2D eigenvalue weighted by molar-refractivity contribution is 9.10. The van der Waals surface area contributed by atoms with Crippen LogP contribution < -0.4 is 5.32 Å². The van der Waals surface area contributed by atoms with Crippen LogP contribution in [0.2, 0.25) is 5.02 Å². The smallest absolute Gasteiger partial charge is 0.127 e. The van der Waals surface area contributed by atoms with Crippen molar-refractivity contribution in [3.05, 3.63) is 68.9 Å². The SMILES string of the molecule is CNC(Cc1cccc(Br)c1)Cc1ccc(Cl)cc1F. The summed E-state index contributed by atoms with van der Waals surface area (Å²) in [6.07, 6.45) is 1.48. The highest BCUT2D eigenvalue weighted by Gasteiger charge is 2.12. The van der Waals surface area contributed by atoms with Crippen molar-refractivity contribution in [1.82, 2.24) is 5.32 Å². The van der Waals surface area contributed by atoms with Crippen molar-refractivity contribution in [3.8, 4) is 0 Å². The fourth-order valence-corrected chi connectivity index (χ4v) is 2.78. The Kier molecular flexibility index (Phi) is 5.58. The van der Waals surface area contributed by atoms with E-state index in [1.54, 1.807) is 12.1 Å². The Balaban J connectivity index is 2.09. The molecule has 1 unspecified atom stereocenters. The molecule has 106 valence electrons. The number of rotatable bonds is 5. The van der Waals surface area contributed by atoms with Crippen molar-refractivity contribution in [1.29, 1.82) is 0 Å². The van der Waals surface area contributed by atoms with E-state index in [9.17, 15) is 4.39 Å². The molecule has 2 aromatic rings. The summed E-state index contributed by atoms with van der Waals surface area (Å²) in [4.78, 5) is 0. The third-order valence-corrected chi connectivity index (χ3v) is 3.99. The number of hydrogen-bond acceptors (Lipinski definition) is 1. The van der Waals surface area contributed by atoms with Gasteiger partial charge in [-0.15, -0.1) is 0 Å². The topological polar surface area (TPSA) is 12.0 Å². The molecule has 0 aliphatic rings. The number of benzene rings is 2. The molecule has 0 aliphatic carbocycles. The number of likely N-dealkylation sites (N-methyl/N-ethyl adjacent to an activating group) is 1. The minimum Gasteiger partial charge on any atom is -0.316 e. The Labute approximate surface area is 132 Å². The van der Waals surface area contributed by atoms with E-state index in [2.05, 4.69) is 33.4 Å². The Morgan fingerprint density at radius 2 is 2.00 bits per heavy atom. The van der Waals surface area contributed by atoms with E-state index >= 15 is 0 Å². The number of nitrogens with one attached hydrogen (secondary N) is 1. The minimum atomic E-state index is -0.244. The second kappa shape index (κ2) is 7.21. The molecule has 1 atom stereocenters. The van der Waals surface area contributed by atoms with Crippen LogP contribution in [0.1, 0.15) is 11.1 Å². The summed E-state index contributed by atoms with van der Waals surface area (Å²) in [5.41, 5.74) is 1.90. The molecule has 0 amide bonds. The summed E-state index contributed by atoms with van der Waals surface area (Å²) < 4.78 is 14.9. The normalized spacial score (nSPS) is 12.4. The predicted molar refractivity (Wildman–Crippen MR) is 85.8 cm³/mol. The van der Waals surface area contributed by atoms with Crippen molar-refractivity contribution in [2.75, 3.05) is 7.05 Å². The molecule has 0 radical (unpaired) electrons. The molecule has 0 fully saturated rings. The molecule has 2 rings (SSSR count). The van der Waals surface area contributed by atoms with Crippen LogP contribution in [0.15, 0.2) is 46.9 Å². The third kappa shape index (κ3) is 4.30. The summed E-state index contributed by atoms with van der Waals surface area (Å²) in [6.45, 7) is 0. The summed E-state index contributed by atoms with van der Waals surface area (Å²) in [6, 6.07) is 13.2. The second-order valence-electron chi connectivity index (χ2n) is 4.76. The summed E-state index contributed by atoms with van der Waals surface area (Å²) >= 11 is 9.24. The van der Waals surface area contributed by atoms with Crippen LogP contribution in [0.25, 0.3) is 0 Å². The van der Waals surface area contributed by atoms with E-state index in [4.69, 9.17) is 11.6 Å². The van der Waals surface area contributed by atoms with Crippen molar-refractivity contribution in [2.45, 2.75) is 18.9 Å². The van der Waals surface area contributed by atoms with E-state index in [1.807, 2.05) is 19.2 Å². The Hall–Kier alpha value is -0.900. The van der Waals surface area contributed by atoms with Gasteiger partial charge >= 0.3 is 0 Å². The molecule has 1 N–H and O–H groups in total. The molecule has 0 saturated heterocycles. The molecule has 1 nitrogen and oxygen atoms in total. The van der Waals surface area contributed by atoms with Crippen LogP contribution in [0.5, 0.6) is 0 Å². The molecule has 0 saturated carbocycles. The highest BCUT2D eigenvalue weighted by atomic mass is 79.9. The zero-order valence-electron chi connectivity index (χ0n) is 11.2. The van der Waals surface area contributed by atoms with Gasteiger partial charge in [0, 0.05) is 15.5 Å². The molecule has 4 heteroatoms. The zero-order chi connectivity index (χ0) is 14.5. The first-order chi connectivity index (χ1) is 9.58. The molecule has 0 aliphatic heterocycles. The van der Waals surface area contributed by atoms with E-state index in [-0.39, 0.29) is 11.9 Å². The van der Waals surface area contributed by atoms with E-state index in [1.165, 1.54) is 11.6 Å². The maximum absolute atomic E-state index is 13.8. The van der Waals surface area contributed by atoms with Gasteiger partial charge in [0.05, 0.1) is 0 Å². The van der Waals surface area contributed by atoms with Gasteiger partial charge in [-0.1, -0.05) is 45.7 Å². The van der Waals surface area contributed by atoms with Gasteiger partial charge in [0.15, 0.2) is 0 Å². The van der Waals surface area contributed by atoms with Crippen LogP contribution in [0.4, 0.5) is 4.39 Å². The van der Waals surface area contributed by atoms with Crippen molar-refractivity contribution in [3.63, 3.8) is 0 Å². The molecular weight excluding hydrogens is 341 g/mol. The van der Waals surface area contributed by atoms with Crippen molar-refractivity contribution in [2.24, 2.45) is 0 Å². The molecule has 2 aromatic carbocycles.